The number of anilines is 2. The lowest BCUT2D eigenvalue weighted by Crippen LogP contribution is -2.18. The third kappa shape index (κ3) is 4.78. The highest BCUT2D eigenvalue weighted by Gasteiger charge is 2.25. The van der Waals surface area contributed by atoms with Gasteiger partial charge in [-0.3, -0.25) is 9.59 Å². The van der Waals surface area contributed by atoms with Crippen LogP contribution in [0.2, 0.25) is 0 Å². The fourth-order valence-corrected chi connectivity index (χ4v) is 4.07. The van der Waals surface area contributed by atoms with Crippen molar-refractivity contribution in [3.8, 4) is 0 Å². The molecule has 0 aliphatic carbocycles. The maximum Gasteiger partial charge on any atom is 0.336 e. The van der Waals surface area contributed by atoms with Crippen molar-refractivity contribution in [1.82, 2.24) is 0 Å². The van der Waals surface area contributed by atoms with Crippen molar-refractivity contribution in [2.75, 3.05) is 10.6 Å². The molecule has 0 aliphatic heterocycles. The van der Waals surface area contributed by atoms with Crippen LogP contribution in [0.25, 0.3) is 10.8 Å². The van der Waals surface area contributed by atoms with Gasteiger partial charge in [-0.15, -0.1) is 0 Å². The molecule has 8 heteroatoms. The van der Waals surface area contributed by atoms with E-state index < -0.39 is 23.8 Å². The summed E-state index contributed by atoms with van der Waals surface area (Å²) >= 11 is 0. The van der Waals surface area contributed by atoms with E-state index in [1.165, 1.54) is 24.3 Å². The molecule has 4 N–H and O–H groups in total. The maximum absolute atomic E-state index is 13.3. The highest BCUT2D eigenvalue weighted by Crippen LogP contribution is 2.31. The van der Waals surface area contributed by atoms with Crippen molar-refractivity contribution in [1.29, 1.82) is 0 Å². The molecule has 4 rings (SSSR count). The van der Waals surface area contributed by atoms with Crippen LogP contribution in [0.3, 0.4) is 0 Å². The number of carboxylic acids is 2. The standard InChI is InChI=1S/C28H22N2O6/c1-15-5-3-7-17(13-15)29-25(31)19-9-11-22(28(35)36)24-20(10-12-21(23(19)24)27(33)34)26(32)30-18-8-4-6-16(2)14-18/h3-14H,1-2H3,(H,29,31)(H,30,32)(H,33,34)(H,35,36). The van der Waals surface area contributed by atoms with E-state index in [1.54, 1.807) is 36.4 Å². The molecule has 180 valence electrons. The second-order valence-electron chi connectivity index (χ2n) is 8.33. The number of hydrogen-bond acceptors (Lipinski definition) is 4. The van der Waals surface area contributed by atoms with Gasteiger partial charge in [0, 0.05) is 33.3 Å². The van der Waals surface area contributed by atoms with E-state index in [4.69, 9.17) is 0 Å². The van der Waals surface area contributed by atoms with Gasteiger partial charge in [-0.1, -0.05) is 24.3 Å². The molecule has 8 nitrogen and oxygen atoms in total. The fourth-order valence-electron chi connectivity index (χ4n) is 4.07. The van der Waals surface area contributed by atoms with Gasteiger partial charge in [0.25, 0.3) is 11.8 Å². The Balaban J connectivity index is 1.92. The summed E-state index contributed by atoms with van der Waals surface area (Å²) in [5.41, 5.74) is 2.05. The topological polar surface area (TPSA) is 133 Å². The summed E-state index contributed by atoms with van der Waals surface area (Å²) in [6, 6.07) is 19.0. The molecule has 4 aromatic carbocycles. The van der Waals surface area contributed by atoms with E-state index in [0.717, 1.165) is 11.1 Å². The number of benzene rings is 4. The fraction of sp³-hybridized carbons (Fsp3) is 0.0714. The van der Waals surface area contributed by atoms with Gasteiger partial charge in [-0.05, 0) is 73.5 Å². The van der Waals surface area contributed by atoms with E-state index in [9.17, 15) is 29.4 Å². The molecule has 0 aromatic heterocycles. The van der Waals surface area contributed by atoms with E-state index in [-0.39, 0.29) is 33.0 Å². The molecular weight excluding hydrogens is 460 g/mol. The zero-order chi connectivity index (χ0) is 26.0. The molecule has 0 saturated carbocycles. The summed E-state index contributed by atoms with van der Waals surface area (Å²) in [5, 5.41) is 24.9. The average Bonchev–Trinajstić information content (AvgIpc) is 2.82. The van der Waals surface area contributed by atoms with Crippen LogP contribution >= 0.6 is 0 Å². The highest BCUT2D eigenvalue weighted by molar-refractivity contribution is 6.26. The Labute approximate surface area is 206 Å². The Morgan fingerprint density at radius 2 is 0.917 bits per heavy atom. The zero-order valence-electron chi connectivity index (χ0n) is 19.5. The number of carboxylic acid groups (broad SMARTS) is 2. The number of amides is 2. The SMILES string of the molecule is Cc1cccc(NC(=O)c2ccc(C(=O)O)c3c(C(=O)Nc4cccc(C)c4)ccc(C(=O)O)c23)c1. The Bertz CT molecular complexity index is 1440. The number of aryl methyl sites for hydroxylation is 2. The zero-order valence-corrected chi connectivity index (χ0v) is 19.5. The second-order valence-corrected chi connectivity index (χ2v) is 8.33. The van der Waals surface area contributed by atoms with Gasteiger partial charge in [-0.25, -0.2) is 9.59 Å². The predicted molar refractivity (Wildman–Crippen MR) is 136 cm³/mol. The molecule has 0 fully saturated rings. The molecule has 36 heavy (non-hydrogen) atoms. The number of aromatic carboxylic acids is 2. The van der Waals surface area contributed by atoms with Crippen molar-refractivity contribution in [2.24, 2.45) is 0 Å². The summed E-state index contributed by atoms with van der Waals surface area (Å²) in [6.07, 6.45) is 0. The number of carbonyl (C=O) groups is 4. The van der Waals surface area contributed by atoms with Crippen molar-refractivity contribution in [3.05, 3.63) is 106 Å². The maximum atomic E-state index is 13.3. The number of nitrogens with one attached hydrogen (secondary N) is 2. The first-order chi connectivity index (χ1) is 17.2. The first kappa shape index (κ1) is 24.2. The number of rotatable bonds is 6. The smallest absolute Gasteiger partial charge is 0.336 e. The minimum Gasteiger partial charge on any atom is -0.478 e. The first-order valence-corrected chi connectivity index (χ1v) is 11.0. The molecule has 0 bridgehead atoms. The van der Waals surface area contributed by atoms with Gasteiger partial charge >= 0.3 is 11.9 Å². The van der Waals surface area contributed by atoms with Crippen LogP contribution in [0.5, 0.6) is 0 Å². The van der Waals surface area contributed by atoms with Crippen LogP contribution in [0.4, 0.5) is 11.4 Å². The van der Waals surface area contributed by atoms with Crippen LogP contribution < -0.4 is 10.6 Å². The highest BCUT2D eigenvalue weighted by atomic mass is 16.4. The minimum absolute atomic E-state index is 0.0703. The monoisotopic (exact) mass is 482 g/mol. The molecule has 0 saturated heterocycles. The van der Waals surface area contributed by atoms with Crippen LogP contribution in [0.15, 0.2) is 72.8 Å². The Morgan fingerprint density at radius 1 is 0.556 bits per heavy atom. The van der Waals surface area contributed by atoms with Crippen molar-refractivity contribution < 1.29 is 29.4 Å². The van der Waals surface area contributed by atoms with Gasteiger partial charge in [-0.2, -0.15) is 0 Å². The summed E-state index contributed by atoms with van der Waals surface area (Å²) in [4.78, 5) is 50.7. The van der Waals surface area contributed by atoms with Crippen LogP contribution in [-0.4, -0.2) is 34.0 Å². The third-order valence-corrected chi connectivity index (χ3v) is 5.66. The molecule has 0 aliphatic rings. The van der Waals surface area contributed by atoms with Crippen molar-refractivity contribution in [3.63, 3.8) is 0 Å². The molecule has 0 atom stereocenters. The van der Waals surface area contributed by atoms with Gasteiger partial charge in [0.2, 0.25) is 0 Å². The average molecular weight is 482 g/mol. The largest absolute Gasteiger partial charge is 0.478 e. The molecule has 4 aromatic rings. The molecule has 0 radical (unpaired) electrons. The summed E-state index contributed by atoms with van der Waals surface area (Å²) in [5.74, 6) is -4.00. The van der Waals surface area contributed by atoms with E-state index in [1.807, 2.05) is 26.0 Å². The Hall–Kier alpha value is -4.98. The summed E-state index contributed by atoms with van der Waals surface area (Å²) < 4.78 is 0. The van der Waals surface area contributed by atoms with Crippen molar-refractivity contribution in [2.45, 2.75) is 13.8 Å². The summed E-state index contributed by atoms with van der Waals surface area (Å²) in [7, 11) is 0. The van der Waals surface area contributed by atoms with E-state index in [0.29, 0.717) is 11.4 Å². The van der Waals surface area contributed by atoms with Gasteiger partial charge < -0.3 is 20.8 Å². The number of carbonyl (C=O) groups excluding carboxylic acids is 2. The lowest BCUT2D eigenvalue weighted by atomic mass is 9.90. The van der Waals surface area contributed by atoms with Crippen LogP contribution in [0.1, 0.15) is 52.6 Å². The normalized spacial score (nSPS) is 10.6. The minimum atomic E-state index is -1.36. The number of hydrogen-bond donors (Lipinski definition) is 4. The quantitative estimate of drug-likeness (QED) is 0.293. The van der Waals surface area contributed by atoms with Crippen LogP contribution in [-0.2, 0) is 0 Å². The molecule has 2 amide bonds. The number of fused-ring (bicyclic) bond motifs is 1. The second kappa shape index (κ2) is 9.71. The molecule has 0 spiro atoms. The Morgan fingerprint density at radius 3 is 1.25 bits per heavy atom. The molecule has 0 unspecified atom stereocenters. The van der Waals surface area contributed by atoms with E-state index >= 15 is 0 Å². The van der Waals surface area contributed by atoms with Crippen molar-refractivity contribution >= 4 is 45.9 Å². The first-order valence-electron chi connectivity index (χ1n) is 11.0. The molecule has 0 heterocycles. The van der Waals surface area contributed by atoms with Gasteiger partial charge in [0.1, 0.15) is 0 Å². The molecular formula is C28H22N2O6. The Kier molecular flexibility index (Phi) is 6.52. The van der Waals surface area contributed by atoms with Crippen LogP contribution in [0, 0.1) is 13.8 Å². The van der Waals surface area contributed by atoms with Gasteiger partial charge in [0.05, 0.1) is 11.1 Å². The summed E-state index contributed by atoms with van der Waals surface area (Å²) in [6.45, 7) is 3.71. The predicted octanol–water partition coefficient (Wildman–Crippen LogP) is 5.36. The lowest BCUT2D eigenvalue weighted by Gasteiger charge is -2.16. The lowest BCUT2D eigenvalue weighted by molar-refractivity contribution is 0.0686. The third-order valence-electron chi connectivity index (χ3n) is 5.66. The van der Waals surface area contributed by atoms with Gasteiger partial charge in [0.15, 0.2) is 0 Å². The van der Waals surface area contributed by atoms with E-state index in [2.05, 4.69) is 10.6 Å².